The number of likely N-dealkylation sites (N-methyl/N-ethyl adjacent to an activating group) is 1. The lowest BCUT2D eigenvalue weighted by Gasteiger charge is -2.31. The Morgan fingerprint density at radius 1 is 1.20 bits per heavy atom. The van der Waals surface area contributed by atoms with Gasteiger partial charge in [0.05, 0.1) is 0 Å². The summed E-state index contributed by atoms with van der Waals surface area (Å²) in [5.74, 6) is 1.53. The van der Waals surface area contributed by atoms with Crippen molar-refractivity contribution in [3.8, 4) is 5.75 Å². The van der Waals surface area contributed by atoms with E-state index in [0.29, 0.717) is 18.6 Å². The minimum absolute atomic E-state index is 0.197. The summed E-state index contributed by atoms with van der Waals surface area (Å²) in [4.78, 5) is 0. The molecule has 0 heterocycles. The normalized spacial score (nSPS) is 13.6. The summed E-state index contributed by atoms with van der Waals surface area (Å²) in [5.41, 5.74) is 2.91. The first-order valence-corrected chi connectivity index (χ1v) is 7.72. The minimum Gasteiger partial charge on any atom is -0.492 e. The lowest BCUT2D eigenvalue weighted by atomic mass is 9.87. The van der Waals surface area contributed by atoms with Gasteiger partial charge >= 0.3 is 0 Å². The molecule has 114 valence electrons. The Morgan fingerprint density at radius 2 is 1.85 bits per heavy atom. The minimum atomic E-state index is 0.197. The SMILES string of the molecule is CCNC(COc1ccc(C(C)C)c(C)c1)C(C)(C)C. The first-order chi connectivity index (χ1) is 9.25. The summed E-state index contributed by atoms with van der Waals surface area (Å²) in [6.45, 7) is 17.2. The maximum atomic E-state index is 6.00. The van der Waals surface area contributed by atoms with Crippen molar-refractivity contribution in [2.24, 2.45) is 5.41 Å². The second-order valence-corrected chi connectivity index (χ2v) is 6.96. The van der Waals surface area contributed by atoms with Crippen LogP contribution in [0.5, 0.6) is 5.75 Å². The van der Waals surface area contributed by atoms with Crippen molar-refractivity contribution in [1.29, 1.82) is 0 Å². The van der Waals surface area contributed by atoms with E-state index in [1.54, 1.807) is 0 Å². The lowest BCUT2D eigenvalue weighted by molar-refractivity contribution is 0.176. The van der Waals surface area contributed by atoms with Crippen LogP contribution >= 0.6 is 0 Å². The Kier molecular flexibility index (Phi) is 6.07. The molecule has 0 aliphatic heterocycles. The van der Waals surface area contributed by atoms with Gasteiger partial charge in [0.25, 0.3) is 0 Å². The number of nitrogens with one attached hydrogen (secondary N) is 1. The molecule has 0 aromatic heterocycles. The molecule has 2 heteroatoms. The van der Waals surface area contributed by atoms with Crippen molar-refractivity contribution in [3.05, 3.63) is 29.3 Å². The molecule has 2 nitrogen and oxygen atoms in total. The highest BCUT2D eigenvalue weighted by Crippen LogP contribution is 2.25. The molecule has 0 saturated carbocycles. The van der Waals surface area contributed by atoms with Gasteiger partial charge in [0.1, 0.15) is 12.4 Å². The Morgan fingerprint density at radius 3 is 2.30 bits per heavy atom. The molecule has 1 aromatic carbocycles. The van der Waals surface area contributed by atoms with Crippen molar-refractivity contribution in [2.75, 3.05) is 13.2 Å². The summed E-state index contributed by atoms with van der Waals surface area (Å²) in [5, 5.41) is 3.51. The first kappa shape index (κ1) is 17.0. The molecule has 0 amide bonds. The summed E-state index contributed by atoms with van der Waals surface area (Å²) in [7, 11) is 0. The quantitative estimate of drug-likeness (QED) is 0.825. The number of hydrogen-bond donors (Lipinski definition) is 1. The zero-order valence-electron chi connectivity index (χ0n) is 14.2. The van der Waals surface area contributed by atoms with E-state index >= 15 is 0 Å². The molecule has 1 atom stereocenters. The molecule has 20 heavy (non-hydrogen) atoms. The van der Waals surface area contributed by atoms with Crippen molar-refractivity contribution < 1.29 is 4.74 Å². The Bertz CT molecular complexity index is 418. The molecule has 1 unspecified atom stereocenters. The molecule has 1 aromatic rings. The third-order valence-electron chi connectivity index (χ3n) is 3.78. The number of aryl methyl sites for hydroxylation is 1. The standard InChI is InChI=1S/C18H31NO/c1-8-19-17(18(5,6)7)12-20-15-9-10-16(13(2)3)14(4)11-15/h9-11,13,17,19H,8,12H2,1-7H3. The van der Waals surface area contributed by atoms with Crippen molar-refractivity contribution in [1.82, 2.24) is 5.32 Å². The zero-order chi connectivity index (χ0) is 15.3. The fourth-order valence-electron chi connectivity index (χ4n) is 2.43. The van der Waals surface area contributed by atoms with Gasteiger partial charge in [0.15, 0.2) is 0 Å². The third-order valence-corrected chi connectivity index (χ3v) is 3.78. The molecule has 0 bridgehead atoms. The summed E-state index contributed by atoms with van der Waals surface area (Å²) in [6, 6.07) is 6.79. The number of ether oxygens (including phenoxy) is 1. The summed E-state index contributed by atoms with van der Waals surface area (Å²) in [6.07, 6.45) is 0. The highest BCUT2D eigenvalue weighted by atomic mass is 16.5. The van der Waals surface area contributed by atoms with Crippen LogP contribution in [0.3, 0.4) is 0 Å². The van der Waals surface area contributed by atoms with Gasteiger partial charge in [0.2, 0.25) is 0 Å². The monoisotopic (exact) mass is 277 g/mol. The van der Waals surface area contributed by atoms with Crippen LogP contribution in [0.1, 0.15) is 58.6 Å². The lowest BCUT2D eigenvalue weighted by Crippen LogP contribution is -2.44. The Balaban J connectivity index is 2.71. The fraction of sp³-hybridized carbons (Fsp3) is 0.667. The topological polar surface area (TPSA) is 21.3 Å². The Hall–Kier alpha value is -1.02. The molecule has 0 radical (unpaired) electrons. The molecular formula is C18H31NO. The van der Waals surface area contributed by atoms with Crippen LogP contribution < -0.4 is 10.1 Å². The molecule has 0 saturated heterocycles. The van der Waals surface area contributed by atoms with Crippen molar-refractivity contribution in [2.45, 2.75) is 60.4 Å². The predicted octanol–water partition coefficient (Wildman–Crippen LogP) is 4.52. The third kappa shape index (κ3) is 4.82. The van der Waals surface area contributed by atoms with E-state index in [4.69, 9.17) is 4.74 Å². The highest BCUT2D eigenvalue weighted by molar-refractivity contribution is 5.36. The van der Waals surface area contributed by atoms with Gasteiger partial charge < -0.3 is 10.1 Å². The molecule has 1 rings (SSSR count). The molecule has 0 aliphatic carbocycles. The van der Waals surface area contributed by atoms with Gasteiger partial charge in [-0.05, 0) is 48.1 Å². The van der Waals surface area contributed by atoms with E-state index in [-0.39, 0.29) is 5.41 Å². The maximum absolute atomic E-state index is 6.00. The van der Waals surface area contributed by atoms with E-state index in [1.807, 2.05) is 0 Å². The van der Waals surface area contributed by atoms with Gasteiger partial charge in [0, 0.05) is 6.04 Å². The average molecular weight is 277 g/mol. The number of rotatable bonds is 6. The van der Waals surface area contributed by atoms with Gasteiger partial charge in [-0.2, -0.15) is 0 Å². The largest absolute Gasteiger partial charge is 0.492 e. The smallest absolute Gasteiger partial charge is 0.119 e. The molecular weight excluding hydrogens is 246 g/mol. The van der Waals surface area contributed by atoms with Crippen LogP contribution in [0, 0.1) is 12.3 Å². The summed E-state index contributed by atoms with van der Waals surface area (Å²) >= 11 is 0. The highest BCUT2D eigenvalue weighted by Gasteiger charge is 2.24. The van der Waals surface area contributed by atoms with Crippen LogP contribution in [0.2, 0.25) is 0 Å². The van der Waals surface area contributed by atoms with E-state index in [9.17, 15) is 0 Å². The van der Waals surface area contributed by atoms with Crippen LogP contribution in [-0.2, 0) is 0 Å². The van der Waals surface area contributed by atoms with Crippen LogP contribution in [0.15, 0.2) is 18.2 Å². The number of hydrogen-bond acceptors (Lipinski definition) is 2. The molecule has 1 N–H and O–H groups in total. The van der Waals surface area contributed by atoms with E-state index in [0.717, 1.165) is 12.3 Å². The van der Waals surface area contributed by atoms with E-state index in [2.05, 4.69) is 72.0 Å². The van der Waals surface area contributed by atoms with Gasteiger partial charge in [-0.25, -0.2) is 0 Å². The molecule has 0 spiro atoms. The van der Waals surface area contributed by atoms with Crippen LogP contribution in [0.4, 0.5) is 0 Å². The molecule has 0 aliphatic rings. The van der Waals surface area contributed by atoms with Crippen LogP contribution in [-0.4, -0.2) is 19.2 Å². The van der Waals surface area contributed by atoms with E-state index in [1.165, 1.54) is 11.1 Å². The van der Waals surface area contributed by atoms with Gasteiger partial charge in [-0.3, -0.25) is 0 Å². The van der Waals surface area contributed by atoms with Gasteiger partial charge in [-0.1, -0.05) is 47.6 Å². The number of benzene rings is 1. The predicted molar refractivity (Wildman–Crippen MR) is 87.7 cm³/mol. The van der Waals surface area contributed by atoms with E-state index < -0.39 is 0 Å². The fourth-order valence-corrected chi connectivity index (χ4v) is 2.43. The Labute approximate surface area is 124 Å². The first-order valence-electron chi connectivity index (χ1n) is 7.72. The van der Waals surface area contributed by atoms with Crippen molar-refractivity contribution in [3.63, 3.8) is 0 Å². The second kappa shape index (κ2) is 7.12. The van der Waals surface area contributed by atoms with Gasteiger partial charge in [-0.15, -0.1) is 0 Å². The van der Waals surface area contributed by atoms with Crippen molar-refractivity contribution >= 4 is 0 Å². The average Bonchev–Trinajstić information content (AvgIpc) is 2.32. The second-order valence-electron chi connectivity index (χ2n) is 6.96. The zero-order valence-corrected chi connectivity index (χ0v) is 14.2. The summed E-state index contributed by atoms with van der Waals surface area (Å²) < 4.78 is 6.00. The maximum Gasteiger partial charge on any atom is 0.119 e. The van der Waals surface area contributed by atoms with Crippen LogP contribution in [0.25, 0.3) is 0 Å². The molecule has 0 fully saturated rings.